The molecule has 9 heteroatoms. The Morgan fingerprint density at radius 1 is 1.35 bits per heavy atom. The summed E-state index contributed by atoms with van der Waals surface area (Å²) in [5.74, 6) is -0.516. The van der Waals surface area contributed by atoms with Crippen LogP contribution in [0.25, 0.3) is 0 Å². The number of benzene rings is 1. The lowest BCUT2D eigenvalue weighted by molar-refractivity contribution is 0.0844. The van der Waals surface area contributed by atoms with Crippen molar-refractivity contribution in [2.24, 2.45) is 5.92 Å². The van der Waals surface area contributed by atoms with Crippen molar-refractivity contribution in [2.75, 3.05) is 13.1 Å². The van der Waals surface area contributed by atoms with E-state index in [9.17, 15) is 18.0 Å². The molecule has 0 aliphatic carbocycles. The molecular weight excluding hydrogens is 378 g/mol. The van der Waals surface area contributed by atoms with Crippen LogP contribution in [0.2, 0.25) is 0 Å². The summed E-state index contributed by atoms with van der Waals surface area (Å²) in [6.45, 7) is 6.99. The van der Waals surface area contributed by atoms with Gasteiger partial charge in [0, 0.05) is 24.2 Å². The minimum atomic E-state index is -3.90. The quantitative estimate of drug-likeness (QED) is 0.797. The van der Waals surface area contributed by atoms with Crippen LogP contribution >= 0.6 is 12.4 Å². The summed E-state index contributed by atoms with van der Waals surface area (Å²) >= 11 is 0. The first-order chi connectivity index (χ1) is 11.7. The second-order valence-corrected chi connectivity index (χ2v) is 8.74. The first-order valence-electron chi connectivity index (χ1n) is 8.48. The van der Waals surface area contributed by atoms with Gasteiger partial charge < -0.3 is 10.6 Å². The number of fused-ring (bicyclic) bond motifs is 1. The Morgan fingerprint density at radius 2 is 2.04 bits per heavy atom. The van der Waals surface area contributed by atoms with Crippen LogP contribution in [0, 0.1) is 5.92 Å². The van der Waals surface area contributed by atoms with Gasteiger partial charge in [0.15, 0.2) is 0 Å². The highest BCUT2D eigenvalue weighted by atomic mass is 35.5. The minimum absolute atomic E-state index is 0. The van der Waals surface area contributed by atoms with Crippen molar-refractivity contribution < 1.29 is 18.0 Å². The molecule has 2 aliphatic heterocycles. The molecule has 1 saturated heterocycles. The Morgan fingerprint density at radius 3 is 2.65 bits per heavy atom. The molecule has 7 nitrogen and oxygen atoms in total. The normalized spacial score (nSPS) is 24.2. The Bertz CT molecular complexity index is 825. The summed E-state index contributed by atoms with van der Waals surface area (Å²) in [7, 11) is -3.90. The molecule has 2 heterocycles. The maximum absolute atomic E-state index is 12.6. The Balaban J connectivity index is 0.00000243. The van der Waals surface area contributed by atoms with Crippen molar-refractivity contribution in [3.05, 3.63) is 29.3 Å². The van der Waals surface area contributed by atoms with Crippen molar-refractivity contribution >= 4 is 34.2 Å². The van der Waals surface area contributed by atoms with E-state index in [1.54, 1.807) is 13.8 Å². The average Bonchev–Trinajstić information content (AvgIpc) is 2.75. The summed E-state index contributed by atoms with van der Waals surface area (Å²) in [4.78, 5) is 24.8. The molecule has 1 aromatic carbocycles. The summed E-state index contributed by atoms with van der Waals surface area (Å²) in [6, 6.07) is 3.76. The maximum atomic E-state index is 12.6. The molecule has 2 unspecified atom stereocenters. The van der Waals surface area contributed by atoms with Crippen molar-refractivity contribution in [3.8, 4) is 0 Å². The topological polar surface area (TPSA) is 95.6 Å². The Labute approximate surface area is 160 Å². The summed E-state index contributed by atoms with van der Waals surface area (Å²) in [6.07, 6.45) is 0.974. The van der Waals surface area contributed by atoms with Gasteiger partial charge in [-0.15, -0.1) is 12.4 Å². The van der Waals surface area contributed by atoms with E-state index in [1.807, 2.05) is 0 Å². The van der Waals surface area contributed by atoms with Crippen LogP contribution in [-0.2, 0) is 10.0 Å². The molecule has 2 atom stereocenters. The van der Waals surface area contributed by atoms with Crippen LogP contribution in [0.4, 0.5) is 0 Å². The molecule has 26 heavy (non-hydrogen) atoms. The molecule has 1 aromatic rings. The van der Waals surface area contributed by atoms with Crippen LogP contribution in [0.1, 0.15) is 47.9 Å². The van der Waals surface area contributed by atoms with Gasteiger partial charge >= 0.3 is 0 Å². The van der Waals surface area contributed by atoms with Crippen LogP contribution < -0.4 is 10.6 Å². The highest BCUT2D eigenvalue weighted by Crippen LogP contribution is 2.32. The van der Waals surface area contributed by atoms with Crippen molar-refractivity contribution in [2.45, 2.75) is 44.2 Å². The van der Waals surface area contributed by atoms with Gasteiger partial charge in [-0.25, -0.2) is 12.7 Å². The predicted octanol–water partition coefficient (Wildman–Crippen LogP) is 1.39. The molecule has 0 spiro atoms. The van der Waals surface area contributed by atoms with Gasteiger partial charge in [-0.1, -0.05) is 6.92 Å². The second kappa shape index (κ2) is 7.54. The zero-order valence-corrected chi connectivity index (χ0v) is 16.6. The van der Waals surface area contributed by atoms with Gasteiger partial charge in [0.25, 0.3) is 21.8 Å². The van der Waals surface area contributed by atoms with Gasteiger partial charge in [0.1, 0.15) is 4.90 Å². The van der Waals surface area contributed by atoms with Crippen molar-refractivity contribution in [1.82, 2.24) is 14.9 Å². The van der Waals surface area contributed by atoms with Crippen LogP contribution in [0.3, 0.4) is 0 Å². The summed E-state index contributed by atoms with van der Waals surface area (Å²) in [5.41, 5.74) is 0.372. The minimum Gasteiger partial charge on any atom is -0.348 e. The maximum Gasteiger partial charge on any atom is 0.269 e. The standard InChI is InChI=1S/C17H23N3O4S.ClH/c1-10(2)20-17(22)13-5-4-12(8-15(13)25(20,23)24)16(21)19-14-9-18-7-6-11(14)3;/h4-5,8,10-11,14,18H,6-7,9H2,1-3H3,(H,19,21);1H. The zero-order valence-electron chi connectivity index (χ0n) is 15.0. The van der Waals surface area contributed by atoms with E-state index < -0.39 is 22.0 Å². The molecule has 144 valence electrons. The number of halogens is 1. The van der Waals surface area contributed by atoms with Gasteiger partial charge in [0.05, 0.1) is 5.56 Å². The summed E-state index contributed by atoms with van der Waals surface area (Å²) in [5, 5.41) is 6.19. The lowest BCUT2D eigenvalue weighted by Gasteiger charge is -2.30. The molecule has 0 aromatic heterocycles. The fourth-order valence-electron chi connectivity index (χ4n) is 3.33. The first-order valence-corrected chi connectivity index (χ1v) is 9.92. The number of hydrogen-bond acceptors (Lipinski definition) is 5. The van der Waals surface area contributed by atoms with Crippen LogP contribution in [0.5, 0.6) is 0 Å². The molecule has 0 radical (unpaired) electrons. The van der Waals surface area contributed by atoms with Crippen LogP contribution in [-0.4, -0.2) is 49.7 Å². The van der Waals surface area contributed by atoms with Crippen molar-refractivity contribution in [1.29, 1.82) is 0 Å². The Hall–Kier alpha value is -1.64. The monoisotopic (exact) mass is 401 g/mol. The molecule has 3 rings (SSSR count). The number of nitrogens with zero attached hydrogens (tertiary/aromatic N) is 1. The molecule has 2 amide bonds. The van der Waals surface area contributed by atoms with Gasteiger partial charge in [-0.2, -0.15) is 0 Å². The van der Waals surface area contributed by atoms with Gasteiger partial charge in [-0.3, -0.25) is 9.59 Å². The highest BCUT2D eigenvalue weighted by Gasteiger charge is 2.43. The Kier molecular flexibility index (Phi) is 5.99. The number of carbonyl (C=O) groups excluding carboxylic acids is 2. The number of amides is 2. The molecular formula is C17H24ClN3O4S. The smallest absolute Gasteiger partial charge is 0.269 e. The van der Waals surface area contributed by atoms with E-state index in [2.05, 4.69) is 17.6 Å². The first kappa shape index (κ1) is 20.7. The third-order valence-corrected chi connectivity index (χ3v) is 6.82. The largest absolute Gasteiger partial charge is 0.348 e. The number of piperidine rings is 1. The van der Waals surface area contributed by atoms with Crippen LogP contribution in [0.15, 0.2) is 23.1 Å². The van der Waals surface area contributed by atoms with Gasteiger partial charge in [-0.05, 0) is 50.9 Å². The van der Waals surface area contributed by atoms with E-state index in [1.165, 1.54) is 18.2 Å². The number of hydrogen-bond donors (Lipinski definition) is 2. The summed E-state index contributed by atoms with van der Waals surface area (Å²) < 4.78 is 26.1. The van der Waals surface area contributed by atoms with E-state index in [0.717, 1.165) is 17.3 Å². The van der Waals surface area contributed by atoms with Crippen molar-refractivity contribution in [3.63, 3.8) is 0 Å². The third-order valence-electron chi connectivity index (χ3n) is 4.82. The molecule has 0 bridgehead atoms. The zero-order chi connectivity index (χ0) is 18.4. The predicted molar refractivity (Wildman–Crippen MR) is 100 cm³/mol. The number of rotatable bonds is 3. The second-order valence-electron chi connectivity index (χ2n) is 6.96. The molecule has 0 saturated carbocycles. The number of nitrogens with one attached hydrogen (secondary N) is 2. The third kappa shape index (κ3) is 3.45. The van der Waals surface area contributed by atoms with E-state index in [-0.39, 0.29) is 40.4 Å². The number of carbonyl (C=O) groups is 2. The SMILES string of the molecule is CC1CCNCC1NC(=O)c1ccc2c(c1)S(=O)(=O)N(C(C)C)C2=O.Cl. The average molecular weight is 402 g/mol. The van der Waals surface area contributed by atoms with E-state index in [4.69, 9.17) is 0 Å². The fourth-order valence-corrected chi connectivity index (χ4v) is 5.13. The number of sulfonamides is 1. The van der Waals surface area contributed by atoms with E-state index in [0.29, 0.717) is 12.5 Å². The molecule has 2 N–H and O–H groups in total. The molecule has 2 aliphatic rings. The highest BCUT2D eigenvalue weighted by molar-refractivity contribution is 7.90. The van der Waals surface area contributed by atoms with E-state index >= 15 is 0 Å². The fraction of sp³-hybridized carbons (Fsp3) is 0.529. The van der Waals surface area contributed by atoms with Gasteiger partial charge in [0.2, 0.25) is 0 Å². The lowest BCUT2D eigenvalue weighted by Crippen LogP contribution is -2.50. The molecule has 1 fully saturated rings. The lowest BCUT2D eigenvalue weighted by atomic mass is 9.94.